The minimum atomic E-state index is 0.258. The molecular weight excluding hydrogens is 266 g/mol. The first-order valence-electron chi connectivity index (χ1n) is 5.51. The van der Waals surface area contributed by atoms with Gasteiger partial charge in [-0.15, -0.1) is 0 Å². The molecule has 0 heterocycles. The summed E-state index contributed by atoms with van der Waals surface area (Å²) in [5.74, 6) is 0.285. The first kappa shape index (κ1) is 13.5. The lowest BCUT2D eigenvalue weighted by Crippen LogP contribution is -2.37. The van der Waals surface area contributed by atoms with Gasteiger partial charge in [-0.05, 0) is 46.0 Å². The van der Waals surface area contributed by atoms with Crippen molar-refractivity contribution in [2.24, 2.45) is 5.41 Å². The molecule has 0 aliphatic carbocycles. The Morgan fingerprint density at radius 3 is 2.50 bits per heavy atom. The zero-order valence-corrected chi connectivity index (χ0v) is 11.9. The molecule has 0 saturated carbocycles. The number of rotatable bonds is 3. The molecule has 0 spiro atoms. The predicted molar refractivity (Wildman–Crippen MR) is 71.6 cm³/mol. The molecule has 16 heavy (non-hydrogen) atoms. The Morgan fingerprint density at radius 1 is 1.38 bits per heavy atom. The first-order chi connectivity index (χ1) is 7.30. The molecule has 0 fully saturated rings. The Bertz CT molecular complexity index is 357. The van der Waals surface area contributed by atoms with Crippen molar-refractivity contribution in [2.45, 2.75) is 40.3 Å². The molecule has 1 aromatic carbocycles. The Balaban J connectivity index is 2.58. The Labute approximate surface area is 106 Å². The van der Waals surface area contributed by atoms with Crippen LogP contribution in [0, 0.1) is 5.41 Å². The van der Waals surface area contributed by atoms with Crippen LogP contribution in [-0.2, 0) is 6.54 Å². The maximum absolute atomic E-state index is 9.38. The average Bonchev–Trinajstić information content (AvgIpc) is 2.18. The molecular formula is C13H20BrNO. The number of aromatic hydroxyl groups is 1. The van der Waals surface area contributed by atoms with E-state index in [0.717, 1.165) is 11.0 Å². The van der Waals surface area contributed by atoms with Gasteiger partial charge in [0.1, 0.15) is 5.75 Å². The summed E-state index contributed by atoms with van der Waals surface area (Å²) in [6, 6.07) is 6.03. The molecule has 3 heteroatoms. The lowest BCUT2D eigenvalue weighted by atomic mass is 9.88. The molecule has 0 saturated heterocycles. The van der Waals surface area contributed by atoms with Crippen molar-refractivity contribution < 1.29 is 5.11 Å². The fourth-order valence-electron chi connectivity index (χ4n) is 1.24. The third kappa shape index (κ3) is 3.80. The number of hydrogen-bond acceptors (Lipinski definition) is 2. The van der Waals surface area contributed by atoms with Gasteiger partial charge in [0, 0.05) is 12.6 Å². The smallest absolute Gasteiger partial charge is 0.129 e. The van der Waals surface area contributed by atoms with Crippen LogP contribution >= 0.6 is 15.9 Å². The van der Waals surface area contributed by atoms with Crippen molar-refractivity contribution in [1.82, 2.24) is 5.32 Å². The van der Waals surface area contributed by atoms with Crippen molar-refractivity contribution in [3.8, 4) is 5.75 Å². The highest BCUT2D eigenvalue weighted by Crippen LogP contribution is 2.24. The second kappa shape index (κ2) is 5.19. The van der Waals surface area contributed by atoms with Gasteiger partial charge < -0.3 is 10.4 Å². The second-order valence-corrected chi connectivity index (χ2v) is 6.11. The van der Waals surface area contributed by atoms with E-state index in [9.17, 15) is 5.11 Å². The summed E-state index contributed by atoms with van der Waals surface area (Å²) in [7, 11) is 0. The quantitative estimate of drug-likeness (QED) is 0.888. The molecule has 90 valence electrons. The molecule has 0 bridgehead atoms. The van der Waals surface area contributed by atoms with Gasteiger partial charge in [-0.3, -0.25) is 0 Å². The molecule has 0 aliphatic heterocycles. The van der Waals surface area contributed by atoms with E-state index in [1.54, 1.807) is 6.07 Å². The van der Waals surface area contributed by atoms with Crippen molar-refractivity contribution in [1.29, 1.82) is 0 Å². The maximum atomic E-state index is 9.38. The van der Waals surface area contributed by atoms with E-state index in [0.29, 0.717) is 6.04 Å². The second-order valence-electron chi connectivity index (χ2n) is 5.25. The van der Waals surface area contributed by atoms with Gasteiger partial charge in [0.15, 0.2) is 0 Å². The number of halogens is 1. The summed E-state index contributed by atoms with van der Waals surface area (Å²) in [4.78, 5) is 0. The zero-order valence-electron chi connectivity index (χ0n) is 10.3. The van der Waals surface area contributed by atoms with Crippen LogP contribution in [0.5, 0.6) is 5.75 Å². The van der Waals surface area contributed by atoms with Crippen molar-refractivity contribution >= 4 is 15.9 Å². The van der Waals surface area contributed by atoms with Gasteiger partial charge in [0.25, 0.3) is 0 Å². The highest BCUT2D eigenvalue weighted by atomic mass is 79.9. The van der Waals surface area contributed by atoms with Crippen LogP contribution in [0.4, 0.5) is 0 Å². The number of phenols is 1. The van der Waals surface area contributed by atoms with E-state index in [4.69, 9.17) is 0 Å². The Morgan fingerprint density at radius 2 is 2.00 bits per heavy atom. The van der Waals surface area contributed by atoms with Gasteiger partial charge in [-0.2, -0.15) is 0 Å². The predicted octanol–water partition coefficient (Wildman–Crippen LogP) is 3.68. The summed E-state index contributed by atoms with van der Waals surface area (Å²) in [6.07, 6.45) is 0. The average molecular weight is 286 g/mol. The standard InChI is InChI=1S/C13H20BrNO/c1-9(13(2,3)4)15-8-10-5-6-12(16)11(14)7-10/h5-7,9,15-16H,8H2,1-4H3. The highest BCUT2D eigenvalue weighted by Gasteiger charge is 2.18. The minimum absolute atomic E-state index is 0.258. The van der Waals surface area contributed by atoms with Crippen LogP contribution in [0.2, 0.25) is 0 Å². The van der Waals surface area contributed by atoms with Crippen molar-refractivity contribution in [2.75, 3.05) is 0 Å². The van der Waals surface area contributed by atoms with Crippen LogP contribution < -0.4 is 5.32 Å². The topological polar surface area (TPSA) is 32.3 Å². The minimum Gasteiger partial charge on any atom is -0.507 e. The van der Waals surface area contributed by atoms with Gasteiger partial charge in [0.05, 0.1) is 4.47 Å². The van der Waals surface area contributed by atoms with Crippen LogP contribution in [-0.4, -0.2) is 11.1 Å². The highest BCUT2D eigenvalue weighted by molar-refractivity contribution is 9.10. The SMILES string of the molecule is CC(NCc1ccc(O)c(Br)c1)C(C)(C)C. The Kier molecular flexibility index (Phi) is 4.39. The summed E-state index contributed by atoms with van der Waals surface area (Å²) in [5.41, 5.74) is 1.43. The molecule has 1 unspecified atom stereocenters. The summed E-state index contributed by atoms with van der Waals surface area (Å²) >= 11 is 3.31. The molecule has 1 rings (SSSR count). The lowest BCUT2D eigenvalue weighted by Gasteiger charge is -2.28. The third-order valence-corrected chi connectivity index (χ3v) is 3.56. The van der Waals surface area contributed by atoms with Gasteiger partial charge in [-0.25, -0.2) is 0 Å². The summed E-state index contributed by atoms with van der Waals surface area (Å²) < 4.78 is 0.746. The van der Waals surface area contributed by atoms with Crippen LogP contribution in [0.25, 0.3) is 0 Å². The third-order valence-electron chi connectivity index (χ3n) is 2.92. The van der Waals surface area contributed by atoms with E-state index < -0.39 is 0 Å². The van der Waals surface area contributed by atoms with Gasteiger partial charge in [-0.1, -0.05) is 26.8 Å². The van der Waals surface area contributed by atoms with E-state index in [1.807, 2.05) is 12.1 Å². The fraction of sp³-hybridized carbons (Fsp3) is 0.538. The number of nitrogens with one attached hydrogen (secondary N) is 1. The fourth-order valence-corrected chi connectivity index (χ4v) is 1.66. The zero-order chi connectivity index (χ0) is 12.3. The first-order valence-corrected chi connectivity index (χ1v) is 6.31. The van der Waals surface area contributed by atoms with Crippen LogP contribution in [0.1, 0.15) is 33.3 Å². The van der Waals surface area contributed by atoms with Gasteiger partial charge >= 0.3 is 0 Å². The largest absolute Gasteiger partial charge is 0.507 e. The molecule has 1 aromatic rings. The normalized spacial score (nSPS) is 13.8. The Hall–Kier alpha value is -0.540. The van der Waals surface area contributed by atoms with Crippen LogP contribution in [0.3, 0.4) is 0 Å². The number of hydrogen-bond donors (Lipinski definition) is 2. The summed E-state index contributed by atoms with van der Waals surface area (Å²) in [6.45, 7) is 9.67. The van der Waals surface area contributed by atoms with Crippen LogP contribution in [0.15, 0.2) is 22.7 Å². The lowest BCUT2D eigenvalue weighted by molar-refractivity contribution is 0.285. The molecule has 0 aliphatic rings. The molecule has 0 amide bonds. The van der Waals surface area contributed by atoms with E-state index in [-0.39, 0.29) is 11.2 Å². The monoisotopic (exact) mass is 285 g/mol. The molecule has 0 aromatic heterocycles. The van der Waals surface area contributed by atoms with Gasteiger partial charge in [0.2, 0.25) is 0 Å². The molecule has 0 radical (unpaired) electrons. The molecule has 2 nitrogen and oxygen atoms in total. The maximum Gasteiger partial charge on any atom is 0.129 e. The number of benzene rings is 1. The van der Waals surface area contributed by atoms with E-state index in [1.165, 1.54) is 5.56 Å². The molecule has 2 N–H and O–H groups in total. The summed E-state index contributed by atoms with van der Waals surface area (Å²) in [5, 5.41) is 12.9. The van der Waals surface area contributed by atoms with E-state index in [2.05, 4.69) is 48.9 Å². The van der Waals surface area contributed by atoms with Crippen molar-refractivity contribution in [3.63, 3.8) is 0 Å². The van der Waals surface area contributed by atoms with Crippen molar-refractivity contribution in [3.05, 3.63) is 28.2 Å². The number of phenolic OH excluding ortho intramolecular Hbond substituents is 1. The van der Waals surface area contributed by atoms with E-state index >= 15 is 0 Å². The molecule has 1 atom stereocenters.